The van der Waals surface area contributed by atoms with E-state index in [0.29, 0.717) is 5.69 Å². The van der Waals surface area contributed by atoms with Gasteiger partial charge >= 0.3 is 5.97 Å². The molecule has 0 unspecified atom stereocenters. The van der Waals surface area contributed by atoms with E-state index < -0.39 is 11.8 Å². The molecule has 7 heteroatoms. The first kappa shape index (κ1) is 17.4. The topological polar surface area (TPSA) is 58.6 Å². The summed E-state index contributed by atoms with van der Waals surface area (Å²) in [5.74, 6) is -1.25. The lowest BCUT2D eigenvalue weighted by molar-refractivity contribution is -0.142. The molecule has 0 fully saturated rings. The lowest BCUT2D eigenvalue weighted by Crippen LogP contribution is -2.41. The van der Waals surface area contributed by atoms with Crippen LogP contribution in [0.4, 0.5) is 10.1 Å². The van der Waals surface area contributed by atoms with Crippen LogP contribution >= 0.6 is 11.6 Å². The Morgan fingerprint density at radius 2 is 2.05 bits per heavy atom. The van der Waals surface area contributed by atoms with Crippen molar-refractivity contribution in [3.8, 4) is 0 Å². The third-order valence-electron chi connectivity index (χ3n) is 2.84. The third kappa shape index (κ3) is 5.69. The number of rotatable bonds is 6. The molecule has 1 aromatic carbocycles. The first-order valence-electron chi connectivity index (χ1n) is 6.39. The van der Waals surface area contributed by atoms with Crippen molar-refractivity contribution in [2.24, 2.45) is 0 Å². The lowest BCUT2D eigenvalue weighted by atomic mass is 10.3. The number of carbonyl (C=O) groups is 2. The zero-order chi connectivity index (χ0) is 16.0. The van der Waals surface area contributed by atoms with Gasteiger partial charge in [-0.15, -0.1) is 0 Å². The SMILES string of the molecule is COC(=O)CN(CC(=O)Nc1ccc(F)cc1Cl)C(C)C. The smallest absolute Gasteiger partial charge is 0.319 e. The number of ether oxygens (including phenoxy) is 1. The van der Waals surface area contributed by atoms with Crippen LogP contribution in [-0.2, 0) is 14.3 Å². The van der Waals surface area contributed by atoms with Crippen LogP contribution in [-0.4, -0.2) is 43.0 Å². The lowest BCUT2D eigenvalue weighted by Gasteiger charge is -2.24. The molecule has 1 amide bonds. The van der Waals surface area contributed by atoms with E-state index in [0.717, 1.165) is 6.07 Å². The Morgan fingerprint density at radius 3 is 2.57 bits per heavy atom. The maximum absolute atomic E-state index is 12.9. The van der Waals surface area contributed by atoms with Crippen molar-refractivity contribution in [1.29, 1.82) is 0 Å². The van der Waals surface area contributed by atoms with Gasteiger partial charge in [-0.05, 0) is 32.0 Å². The first-order chi connectivity index (χ1) is 9.83. The van der Waals surface area contributed by atoms with Crippen molar-refractivity contribution in [2.75, 3.05) is 25.5 Å². The Bertz CT molecular complexity index is 523. The van der Waals surface area contributed by atoms with Gasteiger partial charge in [0.2, 0.25) is 5.91 Å². The van der Waals surface area contributed by atoms with Crippen LogP contribution in [0.1, 0.15) is 13.8 Å². The maximum atomic E-state index is 12.9. The summed E-state index contributed by atoms with van der Waals surface area (Å²) in [6.45, 7) is 3.74. The van der Waals surface area contributed by atoms with Gasteiger partial charge in [-0.2, -0.15) is 0 Å². The second-order valence-electron chi connectivity index (χ2n) is 4.75. The monoisotopic (exact) mass is 316 g/mol. The largest absolute Gasteiger partial charge is 0.468 e. The van der Waals surface area contributed by atoms with Crippen molar-refractivity contribution < 1.29 is 18.7 Å². The summed E-state index contributed by atoms with van der Waals surface area (Å²) in [6.07, 6.45) is 0. The van der Waals surface area contributed by atoms with Gasteiger partial charge in [0.25, 0.3) is 0 Å². The van der Waals surface area contributed by atoms with Gasteiger partial charge in [0.1, 0.15) is 5.82 Å². The molecule has 0 aliphatic heterocycles. The highest BCUT2D eigenvalue weighted by Crippen LogP contribution is 2.22. The van der Waals surface area contributed by atoms with E-state index in [1.807, 2.05) is 13.8 Å². The fraction of sp³-hybridized carbons (Fsp3) is 0.429. The fourth-order valence-electron chi connectivity index (χ4n) is 1.62. The van der Waals surface area contributed by atoms with E-state index >= 15 is 0 Å². The van der Waals surface area contributed by atoms with E-state index in [-0.39, 0.29) is 30.1 Å². The second kappa shape index (κ2) is 7.95. The van der Waals surface area contributed by atoms with Crippen LogP contribution < -0.4 is 5.32 Å². The number of carbonyl (C=O) groups excluding carboxylic acids is 2. The molecule has 0 heterocycles. The van der Waals surface area contributed by atoms with Crippen molar-refractivity contribution in [3.05, 3.63) is 29.0 Å². The average Bonchev–Trinajstić information content (AvgIpc) is 2.40. The minimum absolute atomic E-state index is 0.000468. The average molecular weight is 317 g/mol. The van der Waals surface area contributed by atoms with E-state index in [2.05, 4.69) is 10.1 Å². The van der Waals surface area contributed by atoms with Crippen molar-refractivity contribution >= 4 is 29.2 Å². The van der Waals surface area contributed by atoms with Gasteiger partial charge < -0.3 is 10.1 Å². The molecule has 0 aliphatic carbocycles. The molecule has 1 rings (SSSR count). The van der Waals surface area contributed by atoms with Crippen molar-refractivity contribution in [3.63, 3.8) is 0 Å². The molecule has 0 saturated carbocycles. The summed E-state index contributed by atoms with van der Waals surface area (Å²) in [5, 5.41) is 2.70. The number of amides is 1. The highest BCUT2D eigenvalue weighted by atomic mass is 35.5. The summed E-state index contributed by atoms with van der Waals surface area (Å²) < 4.78 is 17.5. The van der Waals surface area contributed by atoms with Gasteiger partial charge in [-0.1, -0.05) is 11.6 Å². The summed E-state index contributed by atoms with van der Waals surface area (Å²) >= 11 is 5.84. The quantitative estimate of drug-likeness (QED) is 0.818. The molecule has 0 saturated heterocycles. The molecule has 0 bridgehead atoms. The van der Waals surface area contributed by atoms with Gasteiger partial charge in [0.15, 0.2) is 0 Å². The van der Waals surface area contributed by atoms with E-state index in [1.165, 1.54) is 19.2 Å². The third-order valence-corrected chi connectivity index (χ3v) is 3.15. The predicted molar refractivity (Wildman–Crippen MR) is 78.8 cm³/mol. The maximum Gasteiger partial charge on any atom is 0.319 e. The van der Waals surface area contributed by atoms with Crippen LogP contribution in [0.3, 0.4) is 0 Å². The number of nitrogens with zero attached hydrogens (tertiary/aromatic N) is 1. The summed E-state index contributed by atoms with van der Waals surface area (Å²) in [5.41, 5.74) is 0.324. The molecule has 0 radical (unpaired) electrons. The standard InChI is InChI=1S/C14H18ClFN2O3/c1-9(2)18(8-14(20)21-3)7-13(19)17-12-5-4-10(16)6-11(12)15/h4-6,9H,7-8H2,1-3H3,(H,17,19). The minimum Gasteiger partial charge on any atom is -0.468 e. The van der Waals surface area contributed by atoms with Crippen LogP contribution in [0.5, 0.6) is 0 Å². The summed E-state index contributed by atoms with van der Waals surface area (Å²) in [7, 11) is 1.29. The normalized spacial score (nSPS) is 10.8. The molecule has 0 aromatic heterocycles. The van der Waals surface area contributed by atoms with Gasteiger partial charge in [0.05, 0.1) is 30.9 Å². The number of benzene rings is 1. The van der Waals surface area contributed by atoms with E-state index in [4.69, 9.17) is 11.6 Å². The van der Waals surface area contributed by atoms with Crippen LogP contribution in [0.15, 0.2) is 18.2 Å². The van der Waals surface area contributed by atoms with E-state index in [1.54, 1.807) is 4.90 Å². The molecule has 0 aliphatic rings. The van der Waals surface area contributed by atoms with Gasteiger partial charge in [0, 0.05) is 6.04 Å². The van der Waals surface area contributed by atoms with Crippen LogP contribution in [0.2, 0.25) is 5.02 Å². The molecule has 116 valence electrons. The number of hydrogen-bond acceptors (Lipinski definition) is 4. The van der Waals surface area contributed by atoms with Gasteiger partial charge in [-0.25, -0.2) is 4.39 Å². The molecule has 1 N–H and O–H groups in total. The number of esters is 1. The second-order valence-corrected chi connectivity index (χ2v) is 5.15. The molecule has 1 aromatic rings. The number of nitrogens with one attached hydrogen (secondary N) is 1. The van der Waals surface area contributed by atoms with Crippen molar-refractivity contribution in [1.82, 2.24) is 4.90 Å². The number of methoxy groups -OCH3 is 1. The molecule has 0 spiro atoms. The molecular weight excluding hydrogens is 299 g/mol. The minimum atomic E-state index is -0.479. The Balaban J connectivity index is 2.67. The summed E-state index contributed by atoms with van der Waals surface area (Å²) in [6, 6.07) is 3.69. The number of hydrogen-bond donors (Lipinski definition) is 1. The number of anilines is 1. The molecule has 21 heavy (non-hydrogen) atoms. The molecule has 0 atom stereocenters. The van der Waals surface area contributed by atoms with Crippen LogP contribution in [0.25, 0.3) is 0 Å². The molecule has 5 nitrogen and oxygen atoms in total. The zero-order valence-electron chi connectivity index (χ0n) is 12.2. The predicted octanol–water partition coefficient (Wildman–Crippen LogP) is 2.30. The highest BCUT2D eigenvalue weighted by Gasteiger charge is 2.18. The highest BCUT2D eigenvalue weighted by molar-refractivity contribution is 6.33. The molecular formula is C14H18ClFN2O3. The Hall–Kier alpha value is -1.66. The zero-order valence-corrected chi connectivity index (χ0v) is 12.9. The summed E-state index contributed by atoms with van der Waals surface area (Å²) in [4.78, 5) is 24.9. The van der Waals surface area contributed by atoms with Crippen LogP contribution in [0, 0.1) is 5.82 Å². The first-order valence-corrected chi connectivity index (χ1v) is 6.77. The number of halogens is 2. The Morgan fingerprint density at radius 1 is 1.38 bits per heavy atom. The Kier molecular flexibility index (Phi) is 6.58. The van der Waals surface area contributed by atoms with Gasteiger partial charge in [-0.3, -0.25) is 14.5 Å². The van der Waals surface area contributed by atoms with E-state index in [9.17, 15) is 14.0 Å². The Labute approximate surface area is 128 Å². The fourth-order valence-corrected chi connectivity index (χ4v) is 1.83. The van der Waals surface area contributed by atoms with Crippen molar-refractivity contribution in [2.45, 2.75) is 19.9 Å².